The number of hydrogen-bond acceptors (Lipinski definition) is 2. The molecule has 1 saturated carbocycles. The first-order valence-corrected chi connectivity index (χ1v) is 6.12. The fourth-order valence-electron chi connectivity index (χ4n) is 2.41. The molecule has 2 rings (SSSR count). The van der Waals surface area contributed by atoms with Gasteiger partial charge in [-0.2, -0.15) is 0 Å². The summed E-state index contributed by atoms with van der Waals surface area (Å²) in [5, 5.41) is 0. The molecule has 0 radical (unpaired) electrons. The molecule has 2 fully saturated rings. The summed E-state index contributed by atoms with van der Waals surface area (Å²) in [7, 11) is 1.93. The Labute approximate surface area is 92.4 Å². The summed E-state index contributed by atoms with van der Waals surface area (Å²) in [4.78, 5) is 15.7. The van der Waals surface area contributed by atoms with Crippen molar-refractivity contribution in [3.63, 3.8) is 0 Å². The summed E-state index contributed by atoms with van der Waals surface area (Å²) in [6.07, 6.45) is 5.19. The van der Waals surface area contributed by atoms with E-state index in [9.17, 15) is 4.79 Å². The number of likely N-dealkylation sites (tertiary alicyclic amines) is 1. The minimum Gasteiger partial charge on any atom is -0.343 e. The number of rotatable bonds is 3. The molecular formula is C12H22N2O. The molecule has 1 aliphatic carbocycles. The van der Waals surface area contributed by atoms with Crippen molar-refractivity contribution in [3.05, 3.63) is 0 Å². The molecule has 0 unspecified atom stereocenters. The van der Waals surface area contributed by atoms with E-state index in [1.54, 1.807) is 6.92 Å². The van der Waals surface area contributed by atoms with Crippen LogP contribution in [0.2, 0.25) is 0 Å². The lowest BCUT2D eigenvalue weighted by atomic mass is 10.0. The standard InChI is InChI=1S/C12H22N2O/c1-10(15)13(2)12-5-7-14(8-6-12)9-11-3-4-11/h11-12H,3-9H2,1-2H3. The highest BCUT2D eigenvalue weighted by molar-refractivity contribution is 5.73. The first kappa shape index (κ1) is 10.9. The zero-order valence-electron chi connectivity index (χ0n) is 9.91. The summed E-state index contributed by atoms with van der Waals surface area (Å²) in [6, 6.07) is 0.484. The second-order valence-electron chi connectivity index (χ2n) is 5.11. The number of amides is 1. The Hall–Kier alpha value is -0.570. The predicted octanol–water partition coefficient (Wildman–Crippen LogP) is 1.34. The average Bonchev–Trinajstić information content (AvgIpc) is 3.02. The lowest BCUT2D eigenvalue weighted by Gasteiger charge is -2.36. The van der Waals surface area contributed by atoms with Crippen LogP contribution in [0.4, 0.5) is 0 Å². The maximum atomic E-state index is 11.2. The van der Waals surface area contributed by atoms with Crippen molar-refractivity contribution in [3.8, 4) is 0 Å². The molecule has 0 N–H and O–H groups in total. The van der Waals surface area contributed by atoms with Gasteiger partial charge in [0.05, 0.1) is 0 Å². The summed E-state index contributed by atoms with van der Waals surface area (Å²) in [5.74, 6) is 1.20. The molecule has 0 atom stereocenters. The third kappa shape index (κ3) is 2.94. The van der Waals surface area contributed by atoms with Crippen molar-refractivity contribution >= 4 is 5.91 Å². The van der Waals surface area contributed by atoms with E-state index < -0.39 is 0 Å². The van der Waals surface area contributed by atoms with E-state index in [1.807, 2.05) is 11.9 Å². The van der Waals surface area contributed by atoms with Gasteiger partial charge >= 0.3 is 0 Å². The molecule has 0 bridgehead atoms. The van der Waals surface area contributed by atoms with Crippen molar-refractivity contribution in [1.82, 2.24) is 9.80 Å². The highest BCUT2D eigenvalue weighted by Gasteiger charge is 2.28. The van der Waals surface area contributed by atoms with Gasteiger partial charge in [0.15, 0.2) is 0 Å². The van der Waals surface area contributed by atoms with E-state index in [4.69, 9.17) is 0 Å². The summed E-state index contributed by atoms with van der Waals surface area (Å²) in [6.45, 7) is 5.32. The van der Waals surface area contributed by atoms with Gasteiger partial charge in [0.25, 0.3) is 0 Å². The first-order valence-electron chi connectivity index (χ1n) is 6.12. The van der Waals surface area contributed by atoms with Gasteiger partial charge in [0.1, 0.15) is 0 Å². The maximum absolute atomic E-state index is 11.2. The van der Waals surface area contributed by atoms with Crippen LogP contribution < -0.4 is 0 Å². The molecule has 0 aromatic carbocycles. The third-order valence-corrected chi connectivity index (χ3v) is 3.81. The molecule has 0 spiro atoms. The Morgan fingerprint density at radius 3 is 2.33 bits per heavy atom. The number of nitrogens with zero attached hydrogens (tertiary/aromatic N) is 2. The van der Waals surface area contributed by atoms with Gasteiger partial charge in [-0.25, -0.2) is 0 Å². The average molecular weight is 210 g/mol. The molecule has 15 heavy (non-hydrogen) atoms. The zero-order valence-corrected chi connectivity index (χ0v) is 9.91. The van der Waals surface area contributed by atoms with Gasteiger partial charge in [-0.15, -0.1) is 0 Å². The summed E-state index contributed by atoms with van der Waals surface area (Å²) >= 11 is 0. The summed E-state index contributed by atoms with van der Waals surface area (Å²) in [5.41, 5.74) is 0. The van der Waals surface area contributed by atoms with E-state index in [-0.39, 0.29) is 5.91 Å². The van der Waals surface area contributed by atoms with E-state index >= 15 is 0 Å². The van der Waals surface area contributed by atoms with Crippen molar-refractivity contribution < 1.29 is 4.79 Å². The van der Waals surface area contributed by atoms with Crippen molar-refractivity contribution in [2.75, 3.05) is 26.7 Å². The fourth-order valence-corrected chi connectivity index (χ4v) is 2.41. The Morgan fingerprint density at radius 2 is 1.87 bits per heavy atom. The molecule has 0 aromatic heterocycles. The Balaban J connectivity index is 1.73. The van der Waals surface area contributed by atoms with E-state index in [0.717, 1.165) is 18.8 Å². The Kier molecular flexibility index (Phi) is 3.29. The van der Waals surface area contributed by atoms with Crippen LogP contribution in [-0.2, 0) is 4.79 Å². The number of carbonyl (C=O) groups is 1. The van der Waals surface area contributed by atoms with Gasteiger partial charge in [-0.05, 0) is 31.6 Å². The van der Waals surface area contributed by atoms with E-state index in [1.165, 1.54) is 32.5 Å². The van der Waals surface area contributed by atoms with Crippen molar-refractivity contribution in [2.45, 2.75) is 38.6 Å². The third-order valence-electron chi connectivity index (χ3n) is 3.81. The number of hydrogen-bond donors (Lipinski definition) is 0. The van der Waals surface area contributed by atoms with E-state index in [0.29, 0.717) is 6.04 Å². The van der Waals surface area contributed by atoms with E-state index in [2.05, 4.69) is 4.90 Å². The van der Waals surface area contributed by atoms with Crippen LogP contribution in [0.25, 0.3) is 0 Å². The Bertz CT molecular complexity index is 230. The van der Waals surface area contributed by atoms with Crippen molar-refractivity contribution in [1.29, 1.82) is 0 Å². The molecule has 3 heteroatoms. The highest BCUT2D eigenvalue weighted by atomic mass is 16.2. The quantitative estimate of drug-likeness (QED) is 0.702. The molecule has 1 saturated heterocycles. The lowest BCUT2D eigenvalue weighted by Crippen LogP contribution is -2.45. The second kappa shape index (κ2) is 4.52. The fraction of sp³-hybridized carbons (Fsp3) is 0.917. The SMILES string of the molecule is CC(=O)N(C)C1CCN(CC2CC2)CC1. The van der Waals surface area contributed by atoms with Gasteiger partial charge in [0, 0.05) is 39.6 Å². The topological polar surface area (TPSA) is 23.6 Å². The second-order valence-corrected chi connectivity index (χ2v) is 5.11. The molecule has 1 heterocycles. The predicted molar refractivity (Wildman–Crippen MR) is 60.6 cm³/mol. The molecule has 86 valence electrons. The highest BCUT2D eigenvalue weighted by Crippen LogP contribution is 2.30. The monoisotopic (exact) mass is 210 g/mol. The van der Waals surface area contributed by atoms with Gasteiger partial charge in [0.2, 0.25) is 5.91 Å². The Morgan fingerprint density at radius 1 is 1.27 bits per heavy atom. The molecule has 0 aromatic rings. The van der Waals surface area contributed by atoms with Gasteiger partial charge < -0.3 is 9.80 Å². The zero-order chi connectivity index (χ0) is 10.8. The minimum absolute atomic E-state index is 0.204. The number of piperidine rings is 1. The van der Waals surface area contributed by atoms with Crippen LogP contribution in [0.15, 0.2) is 0 Å². The van der Waals surface area contributed by atoms with Gasteiger partial charge in [-0.3, -0.25) is 4.79 Å². The molecule has 2 aliphatic rings. The van der Waals surface area contributed by atoms with Gasteiger partial charge in [-0.1, -0.05) is 0 Å². The summed E-state index contributed by atoms with van der Waals surface area (Å²) < 4.78 is 0. The number of carbonyl (C=O) groups excluding carboxylic acids is 1. The first-order chi connectivity index (χ1) is 7.16. The lowest BCUT2D eigenvalue weighted by molar-refractivity contribution is -0.130. The molecule has 3 nitrogen and oxygen atoms in total. The van der Waals surface area contributed by atoms with Crippen LogP contribution in [-0.4, -0.2) is 48.4 Å². The van der Waals surface area contributed by atoms with Crippen LogP contribution >= 0.6 is 0 Å². The largest absolute Gasteiger partial charge is 0.343 e. The van der Waals surface area contributed by atoms with Crippen molar-refractivity contribution in [2.24, 2.45) is 5.92 Å². The molecule has 1 aliphatic heterocycles. The minimum atomic E-state index is 0.204. The normalized spacial score (nSPS) is 24.1. The smallest absolute Gasteiger partial charge is 0.219 e. The molecule has 1 amide bonds. The van der Waals surface area contributed by atoms with Crippen LogP contribution in [0, 0.1) is 5.92 Å². The maximum Gasteiger partial charge on any atom is 0.219 e. The van der Waals surface area contributed by atoms with Crippen LogP contribution in [0.3, 0.4) is 0 Å². The van der Waals surface area contributed by atoms with Crippen LogP contribution in [0.1, 0.15) is 32.6 Å². The van der Waals surface area contributed by atoms with Crippen LogP contribution in [0.5, 0.6) is 0 Å². The molecular weight excluding hydrogens is 188 g/mol.